The van der Waals surface area contributed by atoms with Crippen LogP contribution < -0.4 is 0 Å². The predicted molar refractivity (Wildman–Crippen MR) is 39.8 cm³/mol. The number of carbonyl (C=O) groups excluding carboxylic acids is 1. The first-order chi connectivity index (χ1) is 5.04. The summed E-state index contributed by atoms with van der Waals surface area (Å²) in [5, 5.41) is 18.7. The van der Waals surface area contributed by atoms with E-state index in [1.165, 1.54) is 6.92 Å². The Morgan fingerprint density at radius 3 is 2.45 bits per heavy atom. The van der Waals surface area contributed by atoms with Crippen LogP contribution in [0.1, 0.15) is 32.6 Å². The second kappa shape index (κ2) is 2.91. The average molecular weight is 158 g/mol. The van der Waals surface area contributed by atoms with E-state index < -0.39 is 11.7 Å². The maximum absolute atomic E-state index is 10.9. The lowest BCUT2D eigenvalue weighted by Crippen LogP contribution is -2.43. The largest absolute Gasteiger partial charge is 0.365 e. The molecule has 0 aromatic heterocycles. The molecule has 0 bridgehead atoms. The molecule has 64 valence electrons. The SMILES string of the molecule is CC(=O)C1CCCCC1(O)O. The zero-order valence-corrected chi connectivity index (χ0v) is 6.71. The second-order valence-corrected chi connectivity index (χ2v) is 3.29. The fraction of sp³-hybridized carbons (Fsp3) is 0.875. The second-order valence-electron chi connectivity index (χ2n) is 3.29. The highest BCUT2D eigenvalue weighted by Crippen LogP contribution is 2.31. The van der Waals surface area contributed by atoms with Crippen molar-refractivity contribution in [3.05, 3.63) is 0 Å². The third kappa shape index (κ3) is 1.79. The van der Waals surface area contributed by atoms with Crippen LogP contribution in [0.15, 0.2) is 0 Å². The molecule has 0 amide bonds. The monoisotopic (exact) mass is 158 g/mol. The summed E-state index contributed by atoms with van der Waals surface area (Å²) in [6.45, 7) is 1.41. The standard InChI is InChI=1S/C8H14O3/c1-6(9)7-4-2-3-5-8(7,10)11/h7,10-11H,2-5H2,1H3. The molecule has 0 saturated heterocycles. The van der Waals surface area contributed by atoms with Gasteiger partial charge in [0.1, 0.15) is 5.78 Å². The third-order valence-corrected chi connectivity index (χ3v) is 2.34. The predicted octanol–water partition coefficient (Wildman–Crippen LogP) is 0.446. The smallest absolute Gasteiger partial charge is 0.172 e. The van der Waals surface area contributed by atoms with E-state index in [4.69, 9.17) is 0 Å². The molecule has 11 heavy (non-hydrogen) atoms. The molecule has 3 heteroatoms. The molecule has 0 spiro atoms. The summed E-state index contributed by atoms with van der Waals surface area (Å²) in [5.74, 6) is -2.41. The molecule has 0 heterocycles. The van der Waals surface area contributed by atoms with E-state index in [9.17, 15) is 15.0 Å². The maximum Gasteiger partial charge on any atom is 0.172 e. The lowest BCUT2D eigenvalue weighted by molar-refractivity contribution is -0.214. The lowest BCUT2D eigenvalue weighted by Gasteiger charge is -2.33. The molecule has 1 saturated carbocycles. The maximum atomic E-state index is 10.9. The summed E-state index contributed by atoms with van der Waals surface area (Å²) in [6, 6.07) is 0. The van der Waals surface area contributed by atoms with Crippen molar-refractivity contribution in [1.29, 1.82) is 0 Å². The zero-order valence-electron chi connectivity index (χ0n) is 6.71. The van der Waals surface area contributed by atoms with E-state index >= 15 is 0 Å². The molecular weight excluding hydrogens is 144 g/mol. The first kappa shape index (κ1) is 8.68. The highest BCUT2D eigenvalue weighted by Gasteiger charge is 2.39. The van der Waals surface area contributed by atoms with Gasteiger partial charge in [-0.15, -0.1) is 0 Å². The van der Waals surface area contributed by atoms with Crippen molar-refractivity contribution < 1.29 is 15.0 Å². The van der Waals surface area contributed by atoms with Crippen LogP contribution in [0, 0.1) is 5.92 Å². The van der Waals surface area contributed by atoms with Crippen molar-refractivity contribution in [2.75, 3.05) is 0 Å². The van der Waals surface area contributed by atoms with Crippen LogP contribution in [0.25, 0.3) is 0 Å². The number of hydrogen-bond acceptors (Lipinski definition) is 3. The Morgan fingerprint density at radius 1 is 1.45 bits per heavy atom. The first-order valence-electron chi connectivity index (χ1n) is 3.99. The van der Waals surface area contributed by atoms with E-state index in [2.05, 4.69) is 0 Å². The minimum atomic E-state index is -1.73. The van der Waals surface area contributed by atoms with E-state index in [-0.39, 0.29) is 5.78 Å². The van der Waals surface area contributed by atoms with Gasteiger partial charge in [-0.3, -0.25) is 4.79 Å². The van der Waals surface area contributed by atoms with Gasteiger partial charge in [-0.25, -0.2) is 0 Å². The number of ketones is 1. The summed E-state index contributed by atoms with van der Waals surface area (Å²) in [5.41, 5.74) is 0. The third-order valence-electron chi connectivity index (χ3n) is 2.34. The van der Waals surface area contributed by atoms with Crippen LogP contribution in [-0.4, -0.2) is 21.8 Å². The van der Waals surface area contributed by atoms with Gasteiger partial charge in [0, 0.05) is 6.42 Å². The molecule has 1 unspecified atom stereocenters. The normalized spacial score (nSPS) is 29.9. The van der Waals surface area contributed by atoms with Crippen LogP contribution in [0.4, 0.5) is 0 Å². The molecule has 1 fully saturated rings. The Morgan fingerprint density at radius 2 is 2.09 bits per heavy atom. The summed E-state index contributed by atoms with van der Waals surface area (Å²) in [4.78, 5) is 10.9. The van der Waals surface area contributed by atoms with Gasteiger partial charge in [-0.2, -0.15) is 0 Å². The van der Waals surface area contributed by atoms with Gasteiger partial charge >= 0.3 is 0 Å². The molecule has 0 aromatic carbocycles. The van der Waals surface area contributed by atoms with Crippen LogP contribution in [-0.2, 0) is 4.79 Å². The quantitative estimate of drug-likeness (QED) is 0.544. The molecular formula is C8H14O3. The molecule has 3 nitrogen and oxygen atoms in total. The minimum Gasteiger partial charge on any atom is -0.365 e. The Labute approximate surface area is 66.0 Å². The Bertz CT molecular complexity index is 163. The van der Waals surface area contributed by atoms with Crippen LogP contribution in [0.2, 0.25) is 0 Å². The lowest BCUT2D eigenvalue weighted by atomic mass is 9.81. The van der Waals surface area contributed by atoms with E-state index in [0.29, 0.717) is 12.8 Å². The van der Waals surface area contributed by atoms with Crippen LogP contribution >= 0.6 is 0 Å². The van der Waals surface area contributed by atoms with Crippen molar-refractivity contribution in [3.63, 3.8) is 0 Å². The Hall–Kier alpha value is -0.410. The number of Topliss-reactive ketones (excluding diaryl/α,β-unsaturated/α-hetero) is 1. The molecule has 1 aliphatic carbocycles. The fourth-order valence-electron chi connectivity index (χ4n) is 1.67. The molecule has 0 radical (unpaired) electrons. The molecule has 1 rings (SSSR count). The van der Waals surface area contributed by atoms with E-state index in [1.54, 1.807) is 0 Å². The van der Waals surface area contributed by atoms with Gasteiger partial charge < -0.3 is 10.2 Å². The fourth-order valence-corrected chi connectivity index (χ4v) is 1.67. The summed E-state index contributed by atoms with van der Waals surface area (Å²) in [7, 11) is 0. The summed E-state index contributed by atoms with van der Waals surface area (Å²) < 4.78 is 0. The first-order valence-corrected chi connectivity index (χ1v) is 3.99. The van der Waals surface area contributed by atoms with E-state index in [1.807, 2.05) is 0 Å². The molecule has 2 N–H and O–H groups in total. The minimum absolute atomic E-state index is 0.116. The van der Waals surface area contributed by atoms with Gasteiger partial charge in [0.05, 0.1) is 5.92 Å². The summed E-state index contributed by atoms with van der Waals surface area (Å²) in [6.07, 6.45) is 2.67. The summed E-state index contributed by atoms with van der Waals surface area (Å²) >= 11 is 0. The van der Waals surface area contributed by atoms with E-state index in [0.717, 1.165) is 12.8 Å². The highest BCUT2D eigenvalue weighted by molar-refractivity contribution is 5.79. The molecule has 0 aromatic rings. The van der Waals surface area contributed by atoms with Crippen molar-refractivity contribution in [3.8, 4) is 0 Å². The molecule has 0 aliphatic heterocycles. The number of hydrogen-bond donors (Lipinski definition) is 2. The Balaban J connectivity index is 2.67. The van der Waals surface area contributed by atoms with Gasteiger partial charge in [0.25, 0.3) is 0 Å². The topological polar surface area (TPSA) is 57.5 Å². The van der Waals surface area contributed by atoms with Gasteiger partial charge in [-0.05, 0) is 19.8 Å². The Kier molecular flexibility index (Phi) is 2.30. The average Bonchev–Trinajstić information content (AvgIpc) is 1.85. The van der Waals surface area contributed by atoms with Crippen LogP contribution in [0.5, 0.6) is 0 Å². The van der Waals surface area contributed by atoms with Gasteiger partial charge in [0.15, 0.2) is 5.79 Å². The number of rotatable bonds is 1. The molecule has 1 atom stereocenters. The van der Waals surface area contributed by atoms with Crippen molar-refractivity contribution in [1.82, 2.24) is 0 Å². The van der Waals surface area contributed by atoms with Crippen molar-refractivity contribution in [2.45, 2.75) is 38.4 Å². The zero-order chi connectivity index (χ0) is 8.48. The van der Waals surface area contributed by atoms with Crippen LogP contribution in [0.3, 0.4) is 0 Å². The van der Waals surface area contributed by atoms with Crippen molar-refractivity contribution in [2.24, 2.45) is 5.92 Å². The van der Waals surface area contributed by atoms with Gasteiger partial charge in [-0.1, -0.05) is 6.42 Å². The van der Waals surface area contributed by atoms with Crippen molar-refractivity contribution >= 4 is 5.78 Å². The number of aliphatic hydroxyl groups is 2. The van der Waals surface area contributed by atoms with Gasteiger partial charge in [0.2, 0.25) is 0 Å². The highest BCUT2D eigenvalue weighted by atomic mass is 16.5. The molecule has 1 aliphatic rings. The number of carbonyl (C=O) groups is 1.